The fraction of sp³-hybridized carbons (Fsp3) is 0.312. The van der Waals surface area contributed by atoms with Crippen molar-refractivity contribution < 1.29 is 9.15 Å². The summed E-state index contributed by atoms with van der Waals surface area (Å²) in [6.07, 6.45) is 6.60. The first kappa shape index (κ1) is 12.0. The highest BCUT2D eigenvalue weighted by Gasteiger charge is 2.12. The van der Waals surface area contributed by atoms with E-state index in [0.717, 1.165) is 24.8 Å². The molecule has 1 aliphatic rings. The van der Waals surface area contributed by atoms with Gasteiger partial charge in [0.15, 0.2) is 5.43 Å². The van der Waals surface area contributed by atoms with Gasteiger partial charge in [-0.05, 0) is 43.4 Å². The van der Waals surface area contributed by atoms with Crippen molar-refractivity contribution in [1.29, 1.82) is 0 Å². The Hall–Kier alpha value is -2.03. The second kappa shape index (κ2) is 4.92. The fourth-order valence-corrected chi connectivity index (χ4v) is 2.48. The van der Waals surface area contributed by atoms with Crippen LogP contribution in [0.15, 0.2) is 39.6 Å². The summed E-state index contributed by atoms with van der Waals surface area (Å²) in [5.41, 5.74) is 1.74. The van der Waals surface area contributed by atoms with Crippen LogP contribution in [-0.2, 0) is 0 Å². The lowest BCUT2D eigenvalue weighted by Gasteiger charge is -2.12. The summed E-state index contributed by atoms with van der Waals surface area (Å²) in [5, 5.41) is 0.598. The van der Waals surface area contributed by atoms with Gasteiger partial charge < -0.3 is 9.15 Å². The number of benzene rings is 1. The van der Waals surface area contributed by atoms with Gasteiger partial charge in [-0.1, -0.05) is 6.08 Å². The van der Waals surface area contributed by atoms with Gasteiger partial charge in [-0.3, -0.25) is 4.79 Å². The number of ether oxygens (including phenoxy) is 1. The molecule has 0 saturated carbocycles. The summed E-state index contributed by atoms with van der Waals surface area (Å²) in [7, 11) is 1.60. The zero-order chi connectivity index (χ0) is 13.2. The van der Waals surface area contributed by atoms with Crippen molar-refractivity contribution in [3.8, 4) is 5.75 Å². The zero-order valence-corrected chi connectivity index (χ0v) is 10.9. The Labute approximate surface area is 111 Å². The quantitative estimate of drug-likeness (QED) is 0.821. The Morgan fingerprint density at radius 1 is 1.21 bits per heavy atom. The van der Waals surface area contributed by atoms with Crippen LogP contribution >= 0.6 is 0 Å². The molecule has 3 rings (SSSR count). The molecule has 0 amide bonds. The van der Waals surface area contributed by atoms with Crippen molar-refractivity contribution in [1.82, 2.24) is 0 Å². The van der Waals surface area contributed by atoms with Gasteiger partial charge in [0.2, 0.25) is 0 Å². The van der Waals surface area contributed by atoms with Crippen LogP contribution in [0.3, 0.4) is 0 Å². The lowest BCUT2D eigenvalue weighted by Crippen LogP contribution is -2.03. The van der Waals surface area contributed by atoms with E-state index in [4.69, 9.17) is 9.15 Å². The van der Waals surface area contributed by atoms with E-state index in [1.165, 1.54) is 6.42 Å². The van der Waals surface area contributed by atoms with Crippen molar-refractivity contribution in [3.63, 3.8) is 0 Å². The molecule has 1 aliphatic carbocycles. The highest BCUT2D eigenvalue weighted by atomic mass is 16.5. The molecule has 0 atom stereocenters. The predicted molar refractivity (Wildman–Crippen MR) is 75.5 cm³/mol. The SMILES string of the molecule is COc1ccc2c(=O)cc(C3=CCCCC3)oc2c1. The number of hydrogen-bond donors (Lipinski definition) is 0. The van der Waals surface area contributed by atoms with Gasteiger partial charge in [0.25, 0.3) is 0 Å². The van der Waals surface area contributed by atoms with Gasteiger partial charge in [0, 0.05) is 12.1 Å². The molecule has 0 N–H and O–H groups in total. The third kappa shape index (κ3) is 2.28. The number of methoxy groups -OCH3 is 1. The van der Waals surface area contributed by atoms with Gasteiger partial charge in [0.05, 0.1) is 12.5 Å². The minimum absolute atomic E-state index is 0.00498. The highest BCUT2D eigenvalue weighted by molar-refractivity contribution is 5.79. The molecule has 3 nitrogen and oxygen atoms in total. The van der Waals surface area contributed by atoms with Crippen molar-refractivity contribution in [2.75, 3.05) is 7.11 Å². The minimum Gasteiger partial charge on any atom is -0.497 e. The van der Waals surface area contributed by atoms with E-state index >= 15 is 0 Å². The summed E-state index contributed by atoms with van der Waals surface area (Å²) in [5.74, 6) is 1.40. The van der Waals surface area contributed by atoms with Crippen LogP contribution in [-0.4, -0.2) is 7.11 Å². The summed E-state index contributed by atoms with van der Waals surface area (Å²) in [4.78, 5) is 12.1. The molecular formula is C16H16O3. The van der Waals surface area contributed by atoms with Gasteiger partial charge in [-0.15, -0.1) is 0 Å². The number of fused-ring (bicyclic) bond motifs is 1. The summed E-state index contributed by atoms with van der Waals surface area (Å²) in [6, 6.07) is 6.90. The second-order valence-corrected chi connectivity index (χ2v) is 4.81. The third-order valence-corrected chi connectivity index (χ3v) is 3.54. The van der Waals surface area contributed by atoms with E-state index < -0.39 is 0 Å². The Morgan fingerprint density at radius 2 is 2.11 bits per heavy atom. The van der Waals surface area contributed by atoms with Crippen LogP contribution in [0.2, 0.25) is 0 Å². The van der Waals surface area contributed by atoms with Crippen LogP contribution in [0.4, 0.5) is 0 Å². The Balaban J connectivity index is 2.16. The Morgan fingerprint density at radius 3 is 2.84 bits per heavy atom. The molecule has 0 radical (unpaired) electrons. The summed E-state index contributed by atoms with van der Waals surface area (Å²) in [6.45, 7) is 0. The number of allylic oxidation sites excluding steroid dienone is 2. The average molecular weight is 256 g/mol. The second-order valence-electron chi connectivity index (χ2n) is 4.81. The normalized spacial score (nSPS) is 15.3. The molecule has 3 heteroatoms. The lowest BCUT2D eigenvalue weighted by molar-refractivity contribution is 0.414. The van der Waals surface area contributed by atoms with E-state index in [0.29, 0.717) is 22.5 Å². The van der Waals surface area contributed by atoms with E-state index in [1.54, 1.807) is 31.4 Å². The first-order valence-corrected chi connectivity index (χ1v) is 6.59. The average Bonchev–Trinajstić information content (AvgIpc) is 2.47. The van der Waals surface area contributed by atoms with Crippen molar-refractivity contribution in [2.45, 2.75) is 25.7 Å². The molecule has 0 fully saturated rings. The fourth-order valence-electron chi connectivity index (χ4n) is 2.48. The predicted octanol–water partition coefficient (Wildman–Crippen LogP) is 3.76. The maximum absolute atomic E-state index is 12.1. The van der Waals surface area contributed by atoms with Gasteiger partial charge in [-0.25, -0.2) is 0 Å². The maximum Gasteiger partial charge on any atom is 0.193 e. The largest absolute Gasteiger partial charge is 0.497 e. The molecule has 1 heterocycles. The Kier molecular flexibility index (Phi) is 3.11. The van der Waals surface area contributed by atoms with E-state index in [1.807, 2.05) is 0 Å². The van der Waals surface area contributed by atoms with Gasteiger partial charge >= 0.3 is 0 Å². The third-order valence-electron chi connectivity index (χ3n) is 3.54. The van der Waals surface area contributed by atoms with Crippen molar-refractivity contribution in [3.05, 3.63) is 46.3 Å². The highest BCUT2D eigenvalue weighted by Crippen LogP contribution is 2.28. The first-order valence-electron chi connectivity index (χ1n) is 6.59. The molecule has 19 heavy (non-hydrogen) atoms. The standard InChI is InChI=1S/C16H16O3/c1-18-12-7-8-13-14(17)10-15(19-16(13)9-12)11-5-3-2-4-6-11/h5,7-10H,2-4,6H2,1H3. The summed E-state index contributed by atoms with van der Waals surface area (Å²) >= 11 is 0. The summed E-state index contributed by atoms with van der Waals surface area (Å²) < 4.78 is 11.0. The Bertz CT molecular complexity index is 695. The van der Waals surface area contributed by atoms with E-state index in [2.05, 4.69) is 6.08 Å². The van der Waals surface area contributed by atoms with Gasteiger partial charge in [0.1, 0.15) is 17.1 Å². The lowest BCUT2D eigenvalue weighted by atomic mass is 9.97. The van der Waals surface area contributed by atoms with Gasteiger partial charge in [-0.2, -0.15) is 0 Å². The zero-order valence-electron chi connectivity index (χ0n) is 10.9. The van der Waals surface area contributed by atoms with Crippen LogP contribution in [0.25, 0.3) is 16.5 Å². The molecule has 0 aliphatic heterocycles. The molecule has 2 aromatic rings. The number of rotatable bonds is 2. The van der Waals surface area contributed by atoms with Crippen LogP contribution in [0.1, 0.15) is 31.4 Å². The minimum atomic E-state index is 0.00498. The molecule has 0 bridgehead atoms. The van der Waals surface area contributed by atoms with Crippen molar-refractivity contribution >= 4 is 16.5 Å². The molecule has 0 saturated heterocycles. The molecule has 0 spiro atoms. The van der Waals surface area contributed by atoms with Crippen LogP contribution < -0.4 is 10.2 Å². The topological polar surface area (TPSA) is 39.4 Å². The van der Waals surface area contributed by atoms with Crippen LogP contribution in [0, 0.1) is 0 Å². The van der Waals surface area contributed by atoms with E-state index in [-0.39, 0.29) is 5.43 Å². The van der Waals surface area contributed by atoms with Crippen LogP contribution in [0.5, 0.6) is 5.75 Å². The molecule has 1 aromatic heterocycles. The molecule has 0 unspecified atom stereocenters. The monoisotopic (exact) mass is 256 g/mol. The van der Waals surface area contributed by atoms with Crippen molar-refractivity contribution in [2.24, 2.45) is 0 Å². The first-order chi connectivity index (χ1) is 9.28. The number of hydrogen-bond acceptors (Lipinski definition) is 3. The van der Waals surface area contributed by atoms with E-state index in [9.17, 15) is 4.79 Å². The maximum atomic E-state index is 12.1. The molecule has 1 aromatic carbocycles. The smallest absolute Gasteiger partial charge is 0.193 e. The molecular weight excluding hydrogens is 240 g/mol. The molecule has 98 valence electrons.